The molecule has 1 aliphatic carbocycles. The summed E-state index contributed by atoms with van der Waals surface area (Å²) in [4.78, 5) is 0. The Bertz CT molecular complexity index is 400. The quantitative estimate of drug-likeness (QED) is 0.564. The summed E-state index contributed by atoms with van der Waals surface area (Å²) in [6.45, 7) is 5.69. The highest BCUT2D eigenvalue weighted by Crippen LogP contribution is 2.30. The van der Waals surface area contributed by atoms with Crippen molar-refractivity contribution >= 4 is 11.6 Å². The van der Waals surface area contributed by atoms with E-state index in [4.69, 9.17) is 0 Å². The minimum Gasteiger partial charge on any atom is -0.206 e. The predicted octanol–water partition coefficient (Wildman–Crippen LogP) is 3.56. The van der Waals surface area contributed by atoms with Crippen molar-refractivity contribution in [3.63, 3.8) is 0 Å². The van der Waals surface area contributed by atoms with Gasteiger partial charge in [-0.15, -0.1) is 0 Å². The average molecular weight is 174 g/mol. The molecule has 0 aliphatic heterocycles. The number of allylic oxidation sites excluding steroid dienone is 2. The number of rotatable bonds is 0. The molecule has 0 saturated carbocycles. The lowest BCUT2D eigenvalue weighted by Crippen LogP contribution is -1.97. The molecule has 13 heavy (non-hydrogen) atoms. The second-order valence-corrected chi connectivity index (χ2v) is 3.37. The molecule has 66 valence electrons. The maximum absolute atomic E-state index is 13.6. The van der Waals surface area contributed by atoms with Crippen molar-refractivity contribution in [1.29, 1.82) is 0 Å². The van der Waals surface area contributed by atoms with Gasteiger partial charge in [-0.3, -0.25) is 0 Å². The molecule has 0 spiro atoms. The molecule has 0 heterocycles. The summed E-state index contributed by atoms with van der Waals surface area (Å²) in [5.74, 6) is -0.116. The molecule has 0 bridgehead atoms. The number of hydrogen-bond donors (Lipinski definition) is 0. The highest BCUT2D eigenvalue weighted by molar-refractivity contribution is 5.78. The van der Waals surface area contributed by atoms with Gasteiger partial charge in [-0.05, 0) is 30.0 Å². The molecule has 1 aromatic carbocycles. The third-order valence-electron chi connectivity index (χ3n) is 2.40. The van der Waals surface area contributed by atoms with Gasteiger partial charge in [0.25, 0.3) is 0 Å². The van der Waals surface area contributed by atoms with Gasteiger partial charge in [0.2, 0.25) is 0 Å². The highest BCUT2D eigenvalue weighted by atomic mass is 19.1. The van der Waals surface area contributed by atoms with E-state index in [1.54, 1.807) is 13.0 Å². The number of fused-ring (bicyclic) bond motifs is 1. The van der Waals surface area contributed by atoms with Crippen LogP contribution >= 0.6 is 0 Å². The first kappa shape index (κ1) is 8.24. The number of aryl methyl sites for hydroxylation is 1. The van der Waals surface area contributed by atoms with E-state index in [-0.39, 0.29) is 5.82 Å². The lowest BCUT2D eigenvalue weighted by Gasteiger charge is -2.14. The van der Waals surface area contributed by atoms with Crippen molar-refractivity contribution in [2.75, 3.05) is 0 Å². The molecular weight excluding hydrogens is 163 g/mol. The van der Waals surface area contributed by atoms with Crippen LogP contribution in [0.25, 0.3) is 11.6 Å². The average Bonchev–Trinajstić information content (AvgIpc) is 2.12. The second-order valence-electron chi connectivity index (χ2n) is 3.37. The standard InChI is InChI=1S/C12H11F/c1-8-4-3-5-11-10(8)7-6-9(2)12(11)13/h3,5-7H,1,4H2,2H3. The Hall–Kier alpha value is -1.37. The summed E-state index contributed by atoms with van der Waals surface area (Å²) < 4.78 is 13.6. The Kier molecular flexibility index (Phi) is 1.80. The summed E-state index contributed by atoms with van der Waals surface area (Å²) in [7, 11) is 0. The van der Waals surface area contributed by atoms with E-state index in [0.717, 1.165) is 17.6 Å². The molecule has 0 N–H and O–H groups in total. The smallest absolute Gasteiger partial charge is 0.133 e. The minimum absolute atomic E-state index is 0.116. The molecular formula is C12H11F. The number of benzene rings is 1. The van der Waals surface area contributed by atoms with Gasteiger partial charge in [-0.25, -0.2) is 4.39 Å². The monoisotopic (exact) mass is 174 g/mol. The van der Waals surface area contributed by atoms with E-state index in [9.17, 15) is 4.39 Å². The van der Waals surface area contributed by atoms with Crippen LogP contribution in [0.4, 0.5) is 4.39 Å². The molecule has 0 nitrogen and oxygen atoms in total. The van der Waals surface area contributed by atoms with Crippen LogP contribution in [-0.4, -0.2) is 0 Å². The fourth-order valence-electron chi connectivity index (χ4n) is 1.60. The van der Waals surface area contributed by atoms with Crippen molar-refractivity contribution in [2.24, 2.45) is 0 Å². The largest absolute Gasteiger partial charge is 0.206 e. The summed E-state index contributed by atoms with van der Waals surface area (Å²) in [6.07, 6.45) is 4.62. The molecule has 0 unspecified atom stereocenters. The summed E-state index contributed by atoms with van der Waals surface area (Å²) in [6, 6.07) is 3.75. The zero-order valence-corrected chi connectivity index (χ0v) is 7.60. The van der Waals surface area contributed by atoms with E-state index in [0.29, 0.717) is 11.1 Å². The maximum Gasteiger partial charge on any atom is 0.133 e. The molecule has 0 aromatic heterocycles. The van der Waals surface area contributed by atoms with E-state index >= 15 is 0 Å². The van der Waals surface area contributed by atoms with Crippen LogP contribution in [-0.2, 0) is 0 Å². The van der Waals surface area contributed by atoms with Crippen molar-refractivity contribution < 1.29 is 4.39 Å². The van der Waals surface area contributed by atoms with Crippen LogP contribution in [0.5, 0.6) is 0 Å². The van der Waals surface area contributed by atoms with Gasteiger partial charge in [-0.2, -0.15) is 0 Å². The van der Waals surface area contributed by atoms with Gasteiger partial charge < -0.3 is 0 Å². The van der Waals surface area contributed by atoms with Gasteiger partial charge >= 0.3 is 0 Å². The van der Waals surface area contributed by atoms with Crippen LogP contribution in [0.3, 0.4) is 0 Å². The predicted molar refractivity (Wildman–Crippen MR) is 53.8 cm³/mol. The third kappa shape index (κ3) is 1.21. The normalized spacial score (nSPS) is 14.5. The van der Waals surface area contributed by atoms with Gasteiger partial charge in [0.1, 0.15) is 5.82 Å². The van der Waals surface area contributed by atoms with E-state index < -0.39 is 0 Å². The summed E-state index contributed by atoms with van der Waals surface area (Å²) in [5, 5.41) is 0. The van der Waals surface area contributed by atoms with E-state index in [2.05, 4.69) is 6.58 Å². The Morgan fingerprint density at radius 1 is 1.38 bits per heavy atom. The topological polar surface area (TPSA) is 0 Å². The van der Waals surface area contributed by atoms with Crippen LogP contribution in [0, 0.1) is 12.7 Å². The SMILES string of the molecule is C=C1CC=Cc2c1ccc(C)c2F. The lowest BCUT2D eigenvalue weighted by molar-refractivity contribution is 0.615. The van der Waals surface area contributed by atoms with Gasteiger partial charge in [0.15, 0.2) is 0 Å². The number of halogens is 1. The molecule has 0 fully saturated rings. The summed E-state index contributed by atoms with van der Waals surface area (Å²) >= 11 is 0. The van der Waals surface area contributed by atoms with Crippen molar-refractivity contribution in [3.8, 4) is 0 Å². The van der Waals surface area contributed by atoms with Gasteiger partial charge in [0, 0.05) is 5.56 Å². The zero-order chi connectivity index (χ0) is 9.42. The fraction of sp³-hybridized carbons (Fsp3) is 0.167. The third-order valence-corrected chi connectivity index (χ3v) is 2.40. The zero-order valence-electron chi connectivity index (χ0n) is 7.60. The molecule has 1 heteroatoms. The highest BCUT2D eigenvalue weighted by Gasteiger charge is 2.13. The molecule has 0 atom stereocenters. The minimum atomic E-state index is -0.116. The molecule has 1 aromatic rings. The Labute approximate surface area is 77.4 Å². The van der Waals surface area contributed by atoms with Gasteiger partial charge in [-0.1, -0.05) is 30.9 Å². The Balaban J connectivity index is 2.72. The summed E-state index contributed by atoms with van der Waals surface area (Å²) in [5.41, 5.74) is 3.33. The van der Waals surface area contributed by atoms with Gasteiger partial charge in [0.05, 0.1) is 0 Å². The Morgan fingerprint density at radius 2 is 2.15 bits per heavy atom. The van der Waals surface area contributed by atoms with Crippen LogP contribution in [0.1, 0.15) is 23.1 Å². The first-order valence-corrected chi connectivity index (χ1v) is 4.34. The molecule has 0 amide bonds. The number of hydrogen-bond acceptors (Lipinski definition) is 0. The van der Waals surface area contributed by atoms with Crippen LogP contribution < -0.4 is 0 Å². The van der Waals surface area contributed by atoms with Crippen molar-refractivity contribution in [3.05, 3.63) is 47.3 Å². The molecule has 0 radical (unpaired) electrons. The maximum atomic E-state index is 13.6. The van der Waals surface area contributed by atoms with Crippen molar-refractivity contribution in [2.45, 2.75) is 13.3 Å². The first-order valence-electron chi connectivity index (χ1n) is 4.34. The van der Waals surface area contributed by atoms with E-state index in [1.807, 2.05) is 18.2 Å². The Morgan fingerprint density at radius 3 is 2.92 bits per heavy atom. The van der Waals surface area contributed by atoms with Crippen LogP contribution in [0.15, 0.2) is 24.8 Å². The second kappa shape index (κ2) is 2.84. The molecule has 0 saturated heterocycles. The fourth-order valence-corrected chi connectivity index (χ4v) is 1.60. The lowest BCUT2D eigenvalue weighted by atomic mass is 9.92. The van der Waals surface area contributed by atoms with Crippen LogP contribution in [0.2, 0.25) is 0 Å². The van der Waals surface area contributed by atoms with E-state index in [1.165, 1.54) is 0 Å². The molecule has 2 rings (SSSR count). The molecule has 1 aliphatic rings. The van der Waals surface area contributed by atoms with Crippen molar-refractivity contribution in [1.82, 2.24) is 0 Å². The first-order chi connectivity index (χ1) is 6.20.